The van der Waals surface area contributed by atoms with E-state index >= 15 is 0 Å². The van der Waals surface area contributed by atoms with Gasteiger partial charge in [-0.1, -0.05) is 0 Å². The molecule has 0 aliphatic heterocycles. The Morgan fingerprint density at radius 2 is 0.733 bits per heavy atom. The van der Waals surface area contributed by atoms with Gasteiger partial charge in [0.25, 0.3) is 0 Å². The van der Waals surface area contributed by atoms with E-state index in [1.807, 2.05) is 0 Å². The van der Waals surface area contributed by atoms with Gasteiger partial charge < -0.3 is 0 Å². The van der Waals surface area contributed by atoms with Gasteiger partial charge in [0.1, 0.15) is 23.1 Å². The minimum absolute atomic E-state index is 0. The fraction of sp³-hybridized carbons (Fsp3) is 0.600. The van der Waals surface area contributed by atoms with E-state index in [4.69, 9.17) is 0 Å². The van der Waals surface area contributed by atoms with Gasteiger partial charge in [-0.05, 0) is 27.7 Å². The van der Waals surface area contributed by atoms with Gasteiger partial charge >= 0.3 is 20.4 Å². The zero-order valence-electron chi connectivity index (χ0n) is 9.36. The summed E-state index contributed by atoms with van der Waals surface area (Å²) in [5.74, 6) is -0.250. The third kappa shape index (κ3) is 31.8. The monoisotopic (exact) mass is 306 g/mol. The van der Waals surface area contributed by atoms with Crippen molar-refractivity contribution in [2.24, 2.45) is 0 Å². The SMILES string of the molecule is CC(=O)CC(C)=O.CC(=O)CC(C)=O.[Pd+2]. The molecule has 0 saturated heterocycles. The molecule has 0 spiro atoms. The van der Waals surface area contributed by atoms with Gasteiger partial charge in [0, 0.05) is 0 Å². The van der Waals surface area contributed by atoms with E-state index < -0.39 is 0 Å². The van der Waals surface area contributed by atoms with Gasteiger partial charge in [0.15, 0.2) is 0 Å². The molecule has 0 radical (unpaired) electrons. The fourth-order valence-electron chi connectivity index (χ4n) is 0.701. The Morgan fingerprint density at radius 1 is 0.600 bits per heavy atom. The van der Waals surface area contributed by atoms with Gasteiger partial charge in [-0.2, -0.15) is 0 Å². The number of hydrogen-bond donors (Lipinski definition) is 0. The summed E-state index contributed by atoms with van der Waals surface area (Å²) in [6.07, 6.45) is 0.167. The Morgan fingerprint density at radius 3 is 0.733 bits per heavy atom. The molecule has 5 heteroatoms. The zero-order valence-corrected chi connectivity index (χ0v) is 10.9. The smallest absolute Gasteiger partial charge is 0.300 e. The van der Waals surface area contributed by atoms with Crippen LogP contribution in [-0.4, -0.2) is 23.1 Å². The number of rotatable bonds is 4. The largest absolute Gasteiger partial charge is 2.00 e. The summed E-state index contributed by atoms with van der Waals surface area (Å²) in [7, 11) is 0. The molecule has 0 aromatic rings. The van der Waals surface area contributed by atoms with Gasteiger partial charge in [-0.15, -0.1) is 0 Å². The van der Waals surface area contributed by atoms with Crippen LogP contribution in [0.5, 0.6) is 0 Å². The van der Waals surface area contributed by atoms with E-state index in [0.717, 1.165) is 0 Å². The van der Waals surface area contributed by atoms with Crippen LogP contribution in [0.15, 0.2) is 0 Å². The van der Waals surface area contributed by atoms with E-state index in [2.05, 4.69) is 0 Å². The van der Waals surface area contributed by atoms with E-state index in [1.54, 1.807) is 0 Å². The second-order valence-corrected chi connectivity index (χ2v) is 3.16. The number of hydrogen-bond acceptors (Lipinski definition) is 4. The molecule has 0 fully saturated rings. The fourth-order valence-corrected chi connectivity index (χ4v) is 0.701. The van der Waals surface area contributed by atoms with E-state index in [9.17, 15) is 19.2 Å². The zero-order chi connectivity index (χ0) is 11.7. The van der Waals surface area contributed by atoms with Crippen molar-refractivity contribution in [2.75, 3.05) is 0 Å². The van der Waals surface area contributed by atoms with Gasteiger partial charge in [0.2, 0.25) is 0 Å². The molecule has 0 heterocycles. The summed E-state index contributed by atoms with van der Waals surface area (Å²) in [6.45, 7) is 5.62. The molecule has 0 unspecified atom stereocenters. The summed E-state index contributed by atoms with van der Waals surface area (Å²) in [5, 5.41) is 0. The topological polar surface area (TPSA) is 68.3 Å². The molecule has 0 amide bonds. The number of carbonyl (C=O) groups is 4. The molecule has 0 aliphatic carbocycles. The van der Waals surface area contributed by atoms with Crippen LogP contribution in [0.25, 0.3) is 0 Å². The number of ketones is 4. The van der Waals surface area contributed by atoms with Crippen LogP contribution in [-0.2, 0) is 39.6 Å². The standard InChI is InChI=1S/2C5H8O2.Pd/c2*1-4(6)3-5(2)7;/h2*3H2,1-2H3;/q;;+2. The van der Waals surface area contributed by atoms with Crippen molar-refractivity contribution in [1.82, 2.24) is 0 Å². The van der Waals surface area contributed by atoms with Crippen molar-refractivity contribution in [3.63, 3.8) is 0 Å². The summed E-state index contributed by atoms with van der Waals surface area (Å²) >= 11 is 0. The summed E-state index contributed by atoms with van der Waals surface area (Å²) in [5.41, 5.74) is 0. The first-order chi connectivity index (χ1) is 6.25. The maximum absolute atomic E-state index is 10.0. The molecule has 0 atom stereocenters. The maximum Gasteiger partial charge on any atom is 2.00 e. The second kappa shape index (κ2) is 11.4. The molecule has 0 rings (SSSR count). The predicted molar refractivity (Wildman–Crippen MR) is 52.0 cm³/mol. The molecule has 0 aliphatic rings. The predicted octanol–water partition coefficient (Wildman–Crippen LogP) is 1.11. The Hall–Kier alpha value is -0.658. The Bertz CT molecular complexity index is 196. The van der Waals surface area contributed by atoms with Crippen LogP contribution in [0.1, 0.15) is 40.5 Å². The normalized spacial score (nSPS) is 7.73. The first-order valence-corrected chi connectivity index (χ1v) is 4.23. The van der Waals surface area contributed by atoms with E-state index in [0.29, 0.717) is 0 Å². The third-order valence-corrected chi connectivity index (χ3v) is 0.996. The Labute approximate surface area is 103 Å². The van der Waals surface area contributed by atoms with Crippen LogP contribution in [0.2, 0.25) is 0 Å². The summed E-state index contributed by atoms with van der Waals surface area (Å²) < 4.78 is 0. The van der Waals surface area contributed by atoms with Gasteiger partial charge in [-0.25, -0.2) is 0 Å². The molecule has 0 aromatic carbocycles. The van der Waals surface area contributed by atoms with Crippen LogP contribution >= 0.6 is 0 Å². The first-order valence-electron chi connectivity index (χ1n) is 4.23. The minimum atomic E-state index is -0.0625. The molecule has 0 N–H and O–H groups in total. The van der Waals surface area contributed by atoms with Crippen molar-refractivity contribution in [3.8, 4) is 0 Å². The van der Waals surface area contributed by atoms with E-state index in [-0.39, 0.29) is 56.4 Å². The van der Waals surface area contributed by atoms with E-state index in [1.165, 1.54) is 27.7 Å². The number of carbonyl (C=O) groups excluding carboxylic acids is 4. The van der Waals surface area contributed by atoms with Crippen LogP contribution in [0.3, 0.4) is 0 Å². The molecule has 0 saturated carbocycles. The third-order valence-electron chi connectivity index (χ3n) is 0.996. The molecule has 4 nitrogen and oxygen atoms in total. The molecular formula is C10H16O4Pd+2. The molecule has 15 heavy (non-hydrogen) atoms. The minimum Gasteiger partial charge on any atom is -0.300 e. The molecule has 88 valence electrons. The molecule has 0 bridgehead atoms. The average Bonchev–Trinajstić information content (AvgIpc) is 1.79. The van der Waals surface area contributed by atoms with Crippen molar-refractivity contribution in [2.45, 2.75) is 40.5 Å². The van der Waals surface area contributed by atoms with Gasteiger partial charge in [-0.3, -0.25) is 19.2 Å². The second-order valence-electron chi connectivity index (χ2n) is 3.16. The molecular weight excluding hydrogens is 291 g/mol. The van der Waals surface area contributed by atoms with Crippen LogP contribution in [0.4, 0.5) is 0 Å². The molecule has 0 aromatic heterocycles. The first kappa shape index (κ1) is 19.8. The number of Topliss-reactive ketones (excluding diaryl/α,β-unsaturated/α-hetero) is 4. The Kier molecular flexibility index (Phi) is 15.1. The summed E-state index contributed by atoms with van der Waals surface area (Å²) in [6, 6.07) is 0. The quantitative estimate of drug-likeness (QED) is 0.576. The Balaban J connectivity index is -0.000000180. The van der Waals surface area contributed by atoms with Crippen molar-refractivity contribution in [1.29, 1.82) is 0 Å². The average molecular weight is 307 g/mol. The summed E-state index contributed by atoms with van der Waals surface area (Å²) in [4.78, 5) is 40.1. The van der Waals surface area contributed by atoms with Crippen molar-refractivity contribution in [3.05, 3.63) is 0 Å². The maximum atomic E-state index is 10.0. The van der Waals surface area contributed by atoms with Crippen LogP contribution in [0, 0.1) is 0 Å². The van der Waals surface area contributed by atoms with Crippen molar-refractivity contribution >= 4 is 23.1 Å². The van der Waals surface area contributed by atoms with Crippen molar-refractivity contribution < 1.29 is 39.6 Å². The van der Waals surface area contributed by atoms with Gasteiger partial charge in [0.05, 0.1) is 12.8 Å². The van der Waals surface area contributed by atoms with Crippen LogP contribution < -0.4 is 0 Å².